The van der Waals surface area contributed by atoms with E-state index in [4.69, 9.17) is 0 Å². The average molecular weight is 231 g/mol. The summed E-state index contributed by atoms with van der Waals surface area (Å²) >= 11 is 0. The number of carbonyl (C=O) groups is 1. The maximum absolute atomic E-state index is 11.8. The second kappa shape index (κ2) is 4.04. The van der Waals surface area contributed by atoms with Crippen LogP contribution < -0.4 is 5.32 Å². The van der Waals surface area contributed by atoms with E-state index in [0.29, 0.717) is 0 Å². The summed E-state index contributed by atoms with van der Waals surface area (Å²) in [5.41, 5.74) is 0.827. The number of hydrogen-bond donors (Lipinski definition) is 2. The van der Waals surface area contributed by atoms with E-state index >= 15 is 0 Å². The fourth-order valence-corrected chi connectivity index (χ4v) is 2.17. The lowest BCUT2D eigenvalue weighted by molar-refractivity contribution is -0.125. The van der Waals surface area contributed by atoms with Crippen molar-refractivity contribution in [1.29, 1.82) is 0 Å². The molecule has 0 spiro atoms. The zero-order chi connectivity index (χ0) is 11.7. The number of nitrogens with zero attached hydrogens (tertiary/aromatic N) is 3. The molecule has 88 valence electrons. The molecule has 0 aromatic carbocycles. The van der Waals surface area contributed by atoms with Crippen LogP contribution in [0.1, 0.15) is 18.9 Å². The Morgan fingerprint density at radius 3 is 3.18 bits per heavy atom. The molecule has 1 saturated heterocycles. The Kier molecular flexibility index (Phi) is 2.40. The number of rotatable bonds is 2. The summed E-state index contributed by atoms with van der Waals surface area (Å²) in [6.07, 6.45) is 8.71. The van der Waals surface area contributed by atoms with E-state index in [0.717, 1.165) is 30.9 Å². The molecule has 1 aliphatic heterocycles. The third kappa shape index (κ3) is 1.71. The Hall–Kier alpha value is -2.11. The van der Waals surface area contributed by atoms with Gasteiger partial charge < -0.3 is 14.9 Å². The third-order valence-electron chi connectivity index (χ3n) is 3.00. The minimum Gasteiger partial charge on any atom is -0.354 e. The monoisotopic (exact) mass is 231 g/mol. The molecule has 3 heterocycles. The predicted octanol–water partition coefficient (Wildman–Crippen LogP) is 0.724. The van der Waals surface area contributed by atoms with Crippen molar-refractivity contribution in [3.05, 3.63) is 24.9 Å². The highest BCUT2D eigenvalue weighted by Crippen LogP contribution is 2.23. The van der Waals surface area contributed by atoms with Crippen molar-refractivity contribution in [2.75, 3.05) is 6.54 Å². The van der Waals surface area contributed by atoms with Gasteiger partial charge in [0.15, 0.2) is 5.82 Å². The molecule has 6 heteroatoms. The number of aromatic amines is 1. The van der Waals surface area contributed by atoms with Gasteiger partial charge in [-0.25, -0.2) is 9.97 Å². The van der Waals surface area contributed by atoms with E-state index in [2.05, 4.69) is 20.3 Å². The second-order valence-corrected chi connectivity index (χ2v) is 4.07. The molecule has 2 N–H and O–H groups in total. The van der Waals surface area contributed by atoms with E-state index in [9.17, 15) is 4.79 Å². The first kappa shape index (κ1) is 10.1. The van der Waals surface area contributed by atoms with Crippen molar-refractivity contribution < 1.29 is 4.79 Å². The van der Waals surface area contributed by atoms with Crippen LogP contribution in [0.2, 0.25) is 0 Å². The highest BCUT2D eigenvalue weighted by Gasteiger charge is 2.25. The Labute approximate surface area is 98.1 Å². The van der Waals surface area contributed by atoms with Crippen molar-refractivity contribution in [1.82, 2.24) is 24.8 Å². The first-order chi connectivity index (χ1) is 8.36. The predicted molar refractivity (Wildman–Crippen MR) is 61.1 cm³/mol. The van der Waals surface area contributed by atoms with Crippen LogP contribution in [0, 0.1) is 0 Å². The molecule has 0 radical (unpaired) electrons. The maximum atomic E-state index is 11.8. The van der Waals surface area contributed by atoms with E-state index in [1.807, 2.05) is 10.8 Å². The lowest BCUT2D eigenvalue weighted by Gasteiger charge is -2.24. The Bertz CT molecular complexity index is 516. The van der Waals surface area contributed by atoms with Crippen LogP contribution in [0.15, 0.2) is 24.9 Å². The van der Waals surface area contributed by atoms with Gasteiger partial charge in [-0.2, -0.15) is 0 Å². The standard InChI is InChI=1S/C11H13N5O/c17-11-9(2-1-3-14-11)16-5-4-13-10(16)8-6-12-7-15-8/h4-7,9H,1-3H2,(H,12,15)(H,14,17)/t9-/m1/s1. The number of aromatic nitrogens is 4. The Balaban J connectivity index is 1.98. The van der Waals surface area contributed by atoms with Gasteiger partial charge >= 0.3 is 0 Å². The van der Waals surface area contributed by atoms with Crippen LogP contribution in [0.3, 0.4) is 0 Å². The first-order valence-corrected chi connectivity index (χ1v) is 5.65. The highest BCUT2D eigenvalue weighted by atomic mass is 16.2. The van der Waals surface area contributed by atoms with Crippen LogP contribution in [0.25, 0.3) is 11.5 Å². The van der Waals surface area contributed by atoms with Gasteiger partial charge in [0, 0.05) is 18.9 Å². The van der Waals surface area contributed by atoms with Crippen LogP contribution in [0.5, 0.6) is 0 Å². The molecular weight excluding hydrogens is 218 g/mol. The number of imidazole rings is 2. The number of nitrogens with one attached hydrogen (secondary N) is 2. The molecule has 6 nitrogen and oxygen atoms in total. The van der Waals surface area contributed by atoms with Gasteiger partial charge in [-0.05, 0) is 12.8 Å². The van der Waals surface area contributed by atoms with E-state index in [1.54, 1.807) is 18.7 Å². The van der Waals surface area contributed by atoms with E-state index < -0.39 is 0 Å². The minimum absolute atomic E-state index is 0.0648. The van der Waals surface area contributed by atoms with Crippen LogP contribution in [-0.4, -0.2) is 32.0 Å². The molecule has 0 bridgehead atoms. The minimum atomic E-state index is -0.162. The Morgan fingerprint density at radius 2 is 2.41 bits per heavy atom. The average Bonchev–Trinajstić information content (AvgIpc) is 3.00. The number of amides is 1. The molecular formula is C11H13N5O. The normalized spacial score (nSPS) is 20.2. The van der Waals surface area contributed by atoms with Crippen LogP contribution >= 0.6 is 0 Å². The maximum Gasteiger partial charge on any atom is 0.243 e. The fraction of sp³-hybridized carbons (Fsp3) is 0.364. The molecule has 2 aromatic heterocycles. The van der Waals surface area contributed by atoms with Gasteiger partial charge in [0.1, 0.15) is 11.7 Å². The van der Waals surface area contributed by atoms with E-state index in [1.165, 1.54) is 0 Å². The lowest BCUT2D eigenvalue weighted by Crippen LogP contribution is -2.37. The van der Waals surface area contributed by atoms with Crippen LogP contribution in [-0.2, 0) is 4.79 Å². The van der Waals surface area contributed by atoms with Crippen molar-refractivity contribution in [3.63, 3.8) is 0 Å². The molecule has 3 rings (SSSR count). The summed E-state index contributed by atoms with van der Waals surface area (Å²) in [5, 5.41) is 2.88. The fourth-order valence-electron chi connectivity index (χ4n) is 2.17. The molecule has 17 heavy (non-hydrogen) atoms. The number of piperidine rings is 1. The molecule has 0 saturated carbocycles. The summed E-state index contributed by atoms with van der Waals surface area (Å²) in [5.74, 6) is 0.819. The molecule has 0 unspecified atom stereocenters. The SMILES string of the molecule is O=C1NCCC[C@H]1n1ccnc1-c1cnc[nH]1. The van der Waals surface area contributed by atoms with Crippen molar-refractivity contribution in [2.24, 2.45) is 0 Å². The van der Waals surface area contributed by atoms with Gasteiger partial charge in [0.25, 0.3) is 0 Å². The summed E-state index contributed by atoms with van der Waals surface area (Å²) in [4.78, 5) is 23.1. The van der Waals surface area contributed by atoms with Gasteiger partial charge in [-0.15, -0.1) is 0 Å². The number of H-pyrrole nitrogens is 1. The molecule has 2 aromatic rings. The van der Waals surface area contributed by atoms with Gasteiger partial charge in [0.05, 0.1) is 12.5 Å². The lowest BCUT2D eigenvalue weighted by atomic mass is 10.1. The van der Waals surface area contributed by atoms with Crippen molar-refractivity contribution >= 4 is 5.91 Å². The molecule has 0 aliphatic carbocycles. The molecule has 1 amide bonds. The smallest absolute Gasteiger partial charge is 0.243 e. The quantitative estimate of drug-likeness (QED) is 0.799. The van der Waals surface area contributed by atoms with Gasteiger partial charge in [-0.1, -0.05) is 0 Å². The first-order valence-electron chi connectivity index (χ1n) is 5.65. The second-order valence-electron chi connectivity index (χ2n) is 4.07. The number of hydrogen-bond acceptors (Lipinski definition) is 3. The summed E-state index contributed by atoms with van der Waals surface area (Å²) in [6, 6.07) is -0.162. The third-order valence-corrected chi connectivity index (χ3v) is 3.00. The van der Waals surface area contributed by atoms with Gasteiger partial charge in [0.2, 0.25) is 5.91 Å². The highest BCUT2D eigenvalue weighted by molar-refractivity contribution is 5.81. The molecule has 1 atom stereocenters. The zero-order valence-electron chi connectivity index (χ0n) is 9.26. The zero-order valence-corrected chi connectivity index (χ0v) is 9.26. The number of carbonyl (C=O) groups excluding carboxylic acids is 1. The largest absolute Gasteiger partial charge is 0.354 e. The topological polar surface area (TPSA) is 75.6 Å². The van der Waals surface area contributed by atoms with E-state index in [-0.39, 0.29) is 11.9 Å². The Morgan fingerprint density at radius 1 is 1.47 bits per heavy atom. The summed E-state index contributed by atoms with van der Waals surface area (Å²) in [6.45, 7) is 0.767. The summed E-state index contributed by atoms with van der Waals surface area (Å²) < 4.78 is 1.90. The molecule has 1 aliphatic rings. The summed E-state index contributed by atoms with van der Waals surface area (Å²) in [7, 11) is 0. The molecule has 1 fully saturated rings. The van der Waals surface area contributed by atoms with Crippen LogP contribution in [0.4, 0.5) is 0 Å². The van der Waals surface area contributed by atoms with Crippen molar-refractivity contribution in [2.45, 2.75) is 18.9 Å². The van der Waals surface area contributed by atoms with Crippen molar-refractivity contribution in [3.8, 4) is 11.5 Å². The van der Waals surface area contributed by atoms with Gasteiger partial charge in [-0.3, -0.25) is 4.79 Å².